The van der Waals surface area contributed by atoms with Crippen LogP contribution in [0.3, 0.4) is 0 Å². The predicted octanol–water partition coefficient (Wildman–Crippen LogP) is 3.40. The Bertz CT molecular complexity index is 890. The molecule has 0 aliphatic carbocycles. The minimum absolute atomic E-state index is 0.150. The fraction of sp³-hybridized carbons (Fsp3) is 0.111. The number of benzene rings is 2. The van der Waals surface area contributed by atoms with Crippen molar-refractivity contribution in [2.45, 2.75) is 0 Å². The van der Waals surface area contributed by atoms with Gasteiger partial charge in [-0.15, -0.1) is 0 Å². The molecule has 0 spiro atoms. The summed E-state index contributed by atoms with van der Waals surface area (Å²) in [5.41, 5.74) is 6.88. The van der Waals surface area contributed by atoms with Gasteiger partial charge in [0.05, 0.1) is 30.6 Å². The molecule has 0 aliphatic heterocycles. The highest BCUT2D eigenvalue weighted by Gasteiger charge is 2.13. The number of ether oxygens (including phenoxy) is 2. The number of halogens is 1. The number of methoxy groups -OCH3 is 2. The van der Waals surface area contributed by atoms with E-state index in [9.17, 15) is 10.1 Å². The van der Waals surface area contributed by atoms with Crippen molar-refractivity contribution in [3.63, 3.8) is 0 Å². The summed E-state index contributed by atoms with van der Waals surface area (Å²) in [6, 6.07) is 11.6. The van der Waals surface area contributed by atoms with E-state index in [1.807, 2.05) is 6.07 Å². The molecular formula is C18H17ClN4O3. The third-order valence-corrected chi connectivity index (χ3v) is 3.70. The molecule has 0 atom stereocenters. The van der Waals surface area contributed by atoms with Gasteiger partial charge in [0.1, 0.15) is 23.1 Å². The van der Waals surface area contributed by atoms with E-state index >= 15 is 0 Å². The van der Waals surface area contributed by atoms with Crippen LogP contribution in [0.5, 0.6) is 11.5 Å². The largest absolute Gasteiger partial charge is 0.497 e. The second-order valence-corrected chi connectivity index (χ2v) is 5.48. The van der Waals surface area contributed by atoms with Crippen LogP contribution in [0.15, 0.2) is 48.2 Å². The zero-order valence-corrected chi connectivity index (χ0v) is 14.9. The lowest BCUT2D eigenvalue weighted by Crippen LogP contribution is -2.15. The zero-order valence-electron chi connectivity index (χ0n) is 14.2. The summed E-state index contributed by atoms with van der Waals surface area (Å²) >= 11 is 6.05. The number of nitrogens with one attached hydrogen (secondary N) is 2. The highest BCUT2D eigenvalue weighted by molar-refractivity contribution is 6.33. The van der Waals surface area contributed by atoms with Crippen molar-refractivity contribution >= 4 is 34.6 Å². The Hall–Kier alpha value is -3.37. The second kappa shape index (κ2) is 8.65. The second-order valence-electron chi connectivity index (χ2n) is 5.07. The number of carbonyl (C=O) groups excluding carboxylic acids is 1. The number of nitriles is 1. The molecule has 0 unspecified atom stereocenters. The van der Waals surface area contributed by atoms with Crippen LogP contribution in [0.25, 0.3) is 0 Å². The number of nitrogens with two attached hydrogens (primary N) is 1. The van der Waals surface area contributed by atoms with Crippen LogP contribution >= 0.6 is 11.6 Å². The van der Waals surface area contributed by atoms with Gasteiger partial charge >= 0.3 is 0 Å². The van der Waals surface area contributed by atoms with E-state index in [1.54, 1.807) is 36.4 Å². The quantitative estimate of drug-likeness (QED) is 0.407. The zero-order chi connectivity index (χ0) is 19.1. The topological polar surface area (TPSA) is 109 Å². The molecule has 0 radical (unpaired) electrons. The number of hydrogen-bond donors (Lipinski definition) is 3. The summed E-state index contributed by atoms with van der Waals surface area (Å²) in [7, 11) is 2.98. The van der Waals surface area contributed by atoms with Crippen LogP contribution in [-0.4, -0.2) is 20.1 Å². The molecule has 2 rings (SSSR count). The van der Waals surface area contributed by atoms with E-state index < -0.39 is 5.91 Å². The number of nitrogens with zero attached hydrogens (tertiary/aromatic N) is 1. The monoisotopic (exact) mass is 372 g/mol. The van der Waals surface area contributed by atoms with E-state index in [1.165, 1.54) is 20.4 Å². The van der Waals surface area contributed by atoms with Gasteiger partial charge in [0.2, 0.25) is 0 Å². The Morgan fingerprint density at radius 2 is 1.96 bits per heavy atom. The first-order valence-electron chi connectivity index (χ1n) is 7.43. The Morgan fingerprint density at radius 3 is 2.58 bits per heavy atom. The minimum atomic E-state index is -0.613. The average Bonchev–Trinajstić information content (AvgIpc) is 2.63. The molecule has 1 amide bonds. The molecule has 134 valence electrons. The van der Waals surface area contributed by atoms with Crippen molar-refractivity contribution in [2.24, 2.45) is 0 Å². The smallest absolute Gasteiger partial charge is 0.267 e. The van der Waals surface area contributed by atoms with E-state index in [2.05, 4.69) is 10.6 Å². The summed E-state index contributed by atoms with van der Waals surface area (Å²) in [4.78, 5) is 12.4. The molecule has 2 aromatic rings. The van der Waals surface area contributed by atoms with Crippen LogP contribution in [0, 0.1) is 11.3 Å². The fourth-order valence-corrected chi connectivity index (χ4v) is 2.29. The number of amides is 1. The fourth-order valence-electron chi connectivity index (χ4n) is 2.05. The minimum Gasteiger partial charge on any atom is -0.497 e. The van der Waals surface area contributed by atoms with Crippen LogP contribution in [-0.2, 0) is 4.79 Å². The van der Waals surface area contributed by atoms with E-state index in [0.29, 0.717) is 33.6 Å². The van der Waals surface area contributed by atoms with Gasteiger partial charge in [0, 0.05) is 18.0 Å². The van der Waals surface area contributed by atoms with Gasteiger partial charge in [-0.05, 0) is 30.3 Å². The van der Waals surface area contributed by atoms with Crippen molar-refractivity contribution < 1.29 is 14.3 Å². The van der Waals surface area contributed by atoms with Gasteiger partial charge in [0.25, 0.3) is 5.91 Å². The van der Waals surface area contributed by atoms with Crippen molar-refractivity contribution in [3.05, 3.63) is 53.2 Å². The molecule has 0 aromatic heterocycles. The summed E-state index contributed by atoms with van der Waals surface area (Å²) in [5.74, 6) is 0.361. The first-order valence-corrected chi connectivity index (χ1v) is 7.81. The number of anilines is 3. The maximum atomic E-state index is 12.4. The summed E-state index contributed by atoms with van der Waals surface area (Å²) in [6.07, 6.45) is 1.26. The number of rotatable bonds is 6. The van der Waals surface area contributed by atoms with E-state index in [4.69, 9.17) is 26.8 Å². The van der Waals surface area contributed by atoms with Crippen LogP contribution in [0.1, 0.15) is 0 Å². The van der Waals surface area contributed by atoms with Crippen molar-refractivity contribution in [3.8, 4) is 17.6 Å². The van der Waals surface area contributed by atoms with Crippen molar-refractivity contribution in [1.82, 2.24) is 0 Å². The lowest BCUT2D eigenvalue weighted by molar-refractivity contribution is -0.112. The predicted molar refractivity (Wildman–Crippen MR) is 101 cm³/mol. The highest BCUT2D eigenvalue weighted by atomic mass is 35.5. The number of nitrogen functional groups attached to an aromatic ring is 1. The summed E-state index contributed by atoms with van der Waals surface area (Å²) < 4.78 is 10.3. The van der Waals surface area contributed by atoms with E-state index in [-0.39, 0.29) is 5.57 Å². The normalized spacial score (nSPS) is 10.6. The number of hydrogen-bond acceptors (Lipinski definition) is 6. The maximum Gasteiger partial charge on any atom is 0.267 e. The molecule has 0 aliphatic rings. The Kier molecular flexibility index (Phi) is 6.31. The van der Waals surface area contributed by atoms with Crippen molar-refractivity contribution in [1.29, 1.82) is 5.26 Å². The average molecular weight is 373 g/mol. The number of carbonyl (C=O) groups is 1. The first kappa shape index (κ1) is 19.0. The lowest BCUT2D eigenvalue weighted by Gasteiger charge is -2.11. The molecule has 0 saturated heterocycles. The van der Waals surface area contributed by atoms with Gasteiger partial charge in [-0.25, -0.2) is 0 Å². The molecule has 26 heavy (non-hydrogen) atoms. The Morgan fingerprint density at radius 1 is 1.19 bits per heavy atom. The van der Waals surface area contributed by atoms with Gasteiger partial charge in [0.15, 0.2) is 0 Å². The third kappa shape index (κ3) is 4.59. The highest BCUT2D eigenvalue weighted by Crippen LogP contribution is 2.29. The van der Waals surface area contributed by atoms with Gasteiger partial charge in [-0.1, -0.05) is 11.6 Å². The van der Waals surface area contributed by atoms with Crippen LogP contribution < -0.4 is 25.8 Å². The molecule has 8 heteroatoms. The van der Waals surface area contributed by atoms with Gasteiger partial charge in [-0.3, -0.25) is 4.79 Å². The molecule has 2 aromatic carbocycles. The van der Waals surface area contributed by atoms with Crippen molar-refractivity contribution in [2.75, 3.05) is 30.6 Å². The van der Waals surface area contributed by atoms with E-state index in [0.717, 1.165) is 0 Å². The first-order chi connectivity index (χ1) is 12.5. The molecule has 0 bridgehead atoms. The summed E-state index contributed by atoms with van der Waals surface area (Å²) in [6.45, 7) is 0. The SMILES string of the molecule is COc1ccc(OC)c(NC(=O)/C(C#N)=C\Nc2ccc(N)cc2Cl)c1. The molecule has 0 saturated carbocycles. The lowest BCUT2D eigenvalue weighted by atomic mass is 10.2. The van der Waals surface area contributed by atoms with Gasteiger partial charge < -0.3 is 25.8 Å². The molecule has 0 fully saturated rings. The summed E-state index contributed by atoms with van der Waals surface area (Å²) in [5, 5.41) is 15.1. The Balaban J connectivity index is 2.20. The van der Waals surface area contributed by atoms with Gasteiger partial charge in [-0.2, -0.15) is 5.26 Å². The standard InChI is InChI=1S/C18H17ClN4O3/c1-25-13-4-6-17(26-2)16(8-13)23-18(24)11(9-20)10-22-15-5-3-12(21)7-14(15)19/h3-8,10,22H,21H2,1-2H3,(H,23,24)/b11-10-. The Labute approximate surface area is 156 Å². The molecule has 4 N–H and O–H groups in total. The maximum absolute atomic E-state index is 12.4. The third-order valence-electron chi connectivity index (χ3n) is 3.39. The molecule has 7 nitrogen and oxygen atoms in total. The molecular weight excluding hydrogens is 356 g/mol. The van der Waals surface area contributed by atoms with Crippen LogP contribution in [0.2, 0.25) is 5.02 Å². The molecule has 0 heterocycles. The van der Waals surface area contributed by atoms with Crippen LogP contribution in [0.4, 0.5) is 17.1 Å².